The predicted molar refractivity (Wildman–Crippen MR) is 131 cm³/mol. The zero-order valence-corrected chi connectivity index (χ0v) is 20.3. The Morgan fingerprint density at radius 1 is 1.23 bits per heavy atom. The van der Waals surface area contributed by atoms with Gasteiger partial charge in [0.25, 0.3) is 0 Å². The van der Waals surface area contributed by atoms with Crippen molar-refractivity contribution in [1.29, 1.82) is 0 Å². The lowest BCUT2D eigenvalue weighted by Gasteiger charge is -2.26. The number of amides is 1. The second-order valence-corrected chi connectivity index (χ2v) is 8.88. The minimum Gasteiger partial charge on any atom is -0.493 e. The molecule has 1 heterocycles. The summed E-state index contributed by atoms with van der Waals surface area (Å²) in [5.41, 5.74) is 3.46. The molecular formula is C27H31FN2O5. The highest BCUT2D eigenvalue weighted by Gasteiger charge is 2.31. The first-order valence-electron chi connectivity index (χ1n) is 11.9. The van der Waals surface area contributed by atoms with Crippen LogP contribution >= 0.6 is 0 Å². The van der Waals surface area contributed by atoms with Crippen LogP contribution in [-0.4, -0.2) is 41.8 Å². The van der Waals surface area contributed by atoms with Gasteiger partial charge in [-0.25, -0.2) is 9.18 Å². The van der Waals surface area contributed by atoms with Crippen LogP contribution in [0.4, 0.5) is 4.39 Å². The molecule has 2 aromatic carbocycles. The van der Waals surface area contributed by atoms with Gasteiger partial charge in [-0.05, 0) is 67.5 Å². The summed E-state index contributed by atoms with van der Waals surface area (Å²) >= 11 is 0. The van der Waals surface area contributed by atoms with Gasteiger partial charge in [0.05, 0.1) is 14.2 Å². The number of hydrogen-bond acceptors (Lipinski definition) is 4. The number of aryl methyl sites for hydroxylation is 1. The predicted octanol–water partition coefficient (Wildman–Crippen LogP) is 4.44. The van der Waals surface area contributed by atoms with E-state index in [-0.39, 0.29) is 17.8 Å². The van der Waals surface area contributed by atoms with Gasteiger partial charge in [-0.1, -0.05) is 19.1 Å². The number of nitrogens with zero attached hydrogens (tertiary/aromatic N) is 1. The Morgan fingerprint density at radius 2 is 2.03 bits per heavy atom. The van der Waals surface area contributed by atoms with Crippen LogP contribution in [0.5, 0.6) is 11.5 Å². The molecule has 0 saturated carbocycles. The molecule has 2 unspecified atom stereocenters. The lowest BCUT2D eigenvalue weighted by Crippen LogP contribution is -2.39. The van der Waals surface area contributed by atoms with E-state index in [1.165, 1.54) is 12.1 Å². The number of aromatic nitrogens is 1. The molecule has 4 rings (SSSR count). The first-order chi connectivity index (χ1) is 16.9. The van der Waals surface area contributed by atoms with Crippen LogP contribution < -0.4 is 14.8 Å². The van der Waals surface area contributed by atoms with Crippen molar-refractivity contribution in [3.05, 3.63) is 59.0 Å². The molecule has 3 aromatic rings. The molecule has 1 aliphatic carbocycles. The van der Waals surface area contributed by atoms with Crippen LogP contribution in [0.3, 0.4) is 0 Å². The van der Waals surface area contributed by atoms with E-state index in [0.717, 1.165) is 27.7 Å². The number of carboxylic acid groups (broad SMARTS) is 1. The molecule has 1 amide bonds. The van der Waals surface area contributed by atoms with Crippen molar-refractivity contribution in [2.45, 2.75) is 57.5 Å². The van der Waals surface area contributed by atoms with Crippen molar-refractivity contribution < 1.29 is 28.6 Å². The average Bonchev–Trinajstić information content (AvgIpc) is 3.15. The largest absolute Gasteiger partial charge is 0.493 e. The number of ether oxygens (including phenoxy) is 2. The van der Waals surface area contributed by atoms with E-state index in [9.17, 15) is 19.1 Å². The van der Waals surface area contributed by atoms with Crippen LogP contribution in [-0.2, 0) is 28.9 Å². The first kappa shape index (κ1) is 24.6. The molecule has 0 radical (unpaired) electrons. The molecule has 0 aliphatic heterocycles. The maximum atomic E-state index is 14.1. The molecular weight excluding hydrogens is 451 g/mol. The van der Waals surface area contributed by atoms with Gasteiger partial charge >= 0.3 is 5.97 Å². The molecule has 8 heteroatoms. The second-order valence-electron chi connectivity index (χ2n) is 8.88. The topological polar surface area (TPSA) is 89.8 Å². The summed E-state index contributed by atoms with van der Waals surface area (Å²) in [4.78, 5) is 24.7. The number of aliphatic carboxylic acids is 1. The number of carboxylic acids is 1. The van der Waals surface area contributed by atoms with Gasteiger partial charge in [0, 0.05) is 29.1 Å². The highest BCUT2D eigenvalue weighted by molar-refractivity contribution is 5.88. The number of para-hydroxylation sites is 1. The fraction of sp³-hybridized carbons (Fsp3) is 0.407. The molecule has 0 bridgehead atoms. The minimum atomic E-state index is -0.903. The summed E-state index contributed by atoms with van der Waals surface area (Å²) in [6.07, 6.45) is 3.06. The molecule has 1 aromatic heterocycles. The molecule has 2 atom stereocenters. The molecule has 186 valence electrons. The molecule has 0 spiro atoms. The summed E-state index contributed by atoms with van der Waals surface area (Å²) in [7, 11) is 3.15. The summed E-state index contributed by atoms with van der Waals surface area (Å²) in [6, 6.07) is 9.27. The Bertz CT molecular complexity index is 1250. The number of hydrogen-bond donors (Lipinski definition) is 2. The molecule has 7 nitrogen and oxygen atoms in total. The molecule has 1 aliphatic rings. The lowest BCUT2D eigenvalue weighted by atomic mass is 9.91. The number of carbonyl (C=O) groups excluding carboxylic acids is 1. The maximum Gasteiger partial charge on any atom is 0.326 e. The van der Waals surface area contributed by atoms with Crippen molar-refractivity contribution in [2.24, 2.45) is 0 Å². The third-order valence-corrected chi connectivity index (χ3v) is 6.82. The van der Waals surface area contributed by atoms with Crippen molar-refractivity contribution in [3.8, 4) is 11.5 Å². The van der Waals surface area contributed by atoms with Crippen LogP contribution in [0.25, 0.3) is 10.9 Å². The number of halogens is 1. The average molecular weight is 483 g/mol. The standard InChI is InChI=1S/C27H31FN2O5/c1-4-21(27(32)33)30-22-11-9-17(28)14-19(22)20-15-18(10-12-23(20)30)29-25(31)13-8-16-6-5-7-24(34-2)26(16)35-3/h5-7,9,11,14,18,21H,4,8,10,12-13,15H2,1-3H3,(H,29,31)(H,32,33). The summed E-state index contributed by atoms with van der Waals surface area (Å²) < 4.78 is 26.8. The third kappa shape index (κ3) is 4.83. The Kier molecular flexibility index (Phi) is 7.28. The molecule has 0 fully saturated rings. The van der Waals surface area contributed by atoms with Crippen molar-refractivity contribution in [3.63, 3.8) is 0 Å². The highest BCUT2D eigenvalue weighted by atomic mass is 19.1. The van der Waals surface area contributed by atoms with E-state index in [4.69, 9.17) is 9.47 Å². The molecule has 35 heavy (non-hydrogen) atoms. The zero-order chi connectivity index (χ0) is 25.1. The summed E-state index contributed by atoms with van der Waals surface area (Å²) in [5, 5.41) is 13.6. The smallest absolute Gasteiger partial charge is 0.326 e. The second kappa shape index (κ2) is 10.4. The SMILES string of the molecule is CCC(C(=O)O)n1c2c(c3cc(F)ccc31)CC(NC(=O)CCc1cccc(OC)c1OC)CC2. The van der Waals surface area contributed by atoms with Gasteiger partial charge < -0.3 is 24.5 Å². The highest BCUT2D eigenvalue weighted by Crippen LogP contribution is 2.36. The third-order valence-electron chi connectivity index (χ3n) is 6.82. The summed E-state index contributed by atoms with van der Waals surface area (Å²) in [5.74, 6) is -0.0845. The number of fused-ring (bicyclic) bond motifs is 3. The number of methoxy groups -OCH3 is 2. The Labute approximate surface area is 203 Å². The van der Waals surface area contributed by atoms with Crippen LogP contribution in [0.2, 0.25) is 0 Å². The van der Waals surface area contributed by atoms with Crippen LogP contribution in [0.1, 0.15) is 49.0 Å². The fourth-order valence-electron chi connectivity index (χ4n) is 5.21. The molecule has 2 N–H and O–H groups in total. The van der Waals surface area contributed by atoms with Crippen LogP contribution in [0.15, 0.2) is 36.4 Å². The maximum absolute atomic E-state index is 14.1. The van der Waals surface area contributed by atoms with E-state index in [1.54, 1.807) is 20.3 Å². The number of carbonyl (C=O) groups is 2. The van der Waals surface area contributed by atoms with Gasteiger partial charge in [0.15, 0.2) is 11.5 Å². The summed E-state index contributed by atoms with van der Waals surface area (Å²) in [6.45, 7) is 1.84. The first-order valence-corrected chi connectivity index (χ1v) is 11.9. The van der Waals surface area contributed by atoms with Gasteiger partial charge in [-0.2, -0.15) is 0 Å². The number of benzene rings is 2. The zero-order valence-electron chi connectivity index (χ0n) is 20.3. The van der Waals surface area contributed by atoms with Crippen molar-refractivity contribution in [1.82, 2.24) is 9.88 Å². The Hall–Kier alpha value is -3.55. The van der Waals surface area contributed by atoms with Gasteiger partial charge in [0.1, 0.15) is 11.9 Å². The Balaban J connectivity index is 1.52. The number of nitrogens with one attached hydrogen (secondary N) is 1. The van der Waals surface area contributed by atoms with E-state index in [1.807, 2.05) is 29.7 Å². The van der Waals surface area contributed by atoms with Crippen molar-refractivity contribution >= 4 is 22.8 Å². The molecule has 0 saturated heterocycles. The van der Waals surface area contributed by atoms with Crippen LogP contribution in [0, 0.1) is 5.82 Å². The Morgan fingerprint density at radius 3 is 2.71 bits per heavy atom. The van der Waals surface area contributed by atoms with E-state index in [2.05, 4.69) is 5.32 Å². The lowest BCUT2D eigenvalue weighted by molar-refractivity contribution is -0.141. The van der Waals surface area contributed by atoms with E-state index < -0.39 is 12.0 Å². The minimum absolute atomic E-state index is 0.0739. The van der Waals surface area contributed by atoms with Gasteiger partial charge in [-0.15, -0.1) is 0 Å². The monoisotopic (exact) mass is 482 g/mol. The van der Waals surface area contributed by atoms with Gasteiger partial charge in [-0.3, -0.25) is 4.79 Å². The normalized spacial score (nSPS) is 15.9. The van der Waals surface area contributed by atoms with E-state index in [0.29, 0.717) is 50.0 Å². The van der Waals surface area contributed by atoms with Crippen molar-refractivity contribution in [2.75, 3.05) is 14.2 Å². The quantitative estimate of drug-likeness (QED) is 0.471. The van der Waals surface area contributed by atoms with Gasteiger partial charge in [0.2, 0.25) is 5.91 Å². The number of rotatable bonds is 9. The fourth-order valence-corrected chi connectivity index (χ4v) is 5.21. The van der Waals surface area contributed by atoms with E-state index >= 15 is 0 Å².